The van der Waals surface area contributed by atoms with Gasteiger partial charge in [-0.25, -0.2) is 4.98 Å². The van der Waals surface area contributed by atoms with Crippen molar-refractivity contribution < 1.29 is 14.3 Å². The van der Waals surface area contributed by atoms with Crippen LogP contribution in [0.2, 0.25) is 10.0 Å². The van der Waals surface area contributed by atoms with Gasteiger partial charge in [0.15, 0.2) is 16.6 Å². The number of hydrogen-bond acceptors (Lipinski definition) is 6. The second kappa shape index (κ2) is 8.26. The summed E-state index contributed by atoms with van der Waals surface area (Å²) in [4.78, 5) is 21.6. The number of carbonyl (C=O) groups is 1. The van der Waals surface area contributed by atoms with Gasteiger partial charge in [0.25, 0.3) is 5.91 Å². The van der Waals surface area contributed by atoms with Crippen molar-refractivity contribution in [2.75, 3.05) is 45.3 Å². The molecule has 1 aliphatic heterocycles. The number of methoxy groups -OCH3 is 2. The number of anilines is 1. The van der Waals surface area contributed by atoms with E-state index in [9.17, 15) is 4.79 Å². The molecule has 1 aliphatic rings. The van der Waals surface area contributed by atoms with Gasteiger partial charge in [0.1, 0.15) is 5.52 Å². The van der Waals surface area contributed by atoms with Crippen molar-refractivity contribution in [2.24, 2.45) is 0 Å². The molecule has 0 bridgehead atoms. The van der Waals surface area contributed by atoms with Gasteiger partial charge in [-0.3, -0.25) is 4.79 Å². The number of carbonyl (C=O) groups excluding carboxylic acids is 1. The van der Waals surface area contributed by atoms with Crippen LogP contribution >= 0.6 is 34.5 Å². The standard InChI is InChI=1S/C20H19Cl2N3O3S/c1-27-15-5-6-16-17(18(15)28-2)23-20(29-16)25-9-7-24(8-10-25)19(26)13-4-3-12(21)11-14(13)22/h3-6,11H,7-10H2,1-2H3. The van der Waals surface area contributed by atoms with E-state index in [-0.39, 0.29) is 5.91 Å². The summed E-state index contributed by atoms with van der Waals surface area (Å²) in [6, 6.07) is 8.82. The zero-order chi connectivity index (χ0) is 20.5. The van der Waals surface area contributed by atoms with Crippen LogP contribution in [0.4, 0.5) is 5.13 Å². The molecule has 1 amide bonds. The third kappa shape index (κ3) is 3.82. The van der Waals surface area contributed by atoms with Crippen molar-refractivity contribution in [1.82, 2.24) is 9.88 Å². The Balaban J connectivity index is 1.50. The third-order valence-electron chi connectivity index (χ3n) is 4.89. The monoisotopic (exact) mass is 451 g/mol. The van der Waals surface area contributed by atoms with Gasteiger partial charge in [-0.2, -0.15) is 0 Å². The van der Waals surface area contributed by atoms with E-state index in [0.29, 0.717) is 53.3 Å². The molecule has 0 radical (unpaired) electrons. The second-order valence-corrected chi connectivity index (χ2v) is 8.40. The van der Waals surface area contributed by atoms with E-state index < -0.39 is 0 Å². The lowest BCUT2D eigenvalue weighted by Crippen LogP contribution is -2.48. The second-order valence-electron chi connectivity index (χ2n) is 6.55. The highest BCUT2D eigenvalue weighted by atomic mass is 35.5. The number of ether oxygens (including phenoxy) is 2. The smallest absolute Gasteiger partial charge is 0.255 e. The number of aromatic nitrogens is 1. The normalized spacial score (nSPS) is 14.3. The molecule has 1 aromatic heterocycles. The Morgan fingerprint density at radius 1 is 1.07 bits per heavy atom. The largest absolute Gasteiger partial charge is 0.493 e. The maximum Gasteiger partial charge on any atom is 0.255 e. The van der Waals surface area contributed by atoms with Crippen LogP contribution in [0.5, 0.6) is 11.5 Å². The molecule has 152 valence electrons. The molecule has 9 heteroatoms. The lowest BCUT2D eigenvalue weighted by molar-refractivity contribution is 0.0747. The summed E-state index contributed by atoms with van der Waals surface area (Å²) in [6.45, 7) is 2.56. The summed E-state index contributed by atoms with van der Waals surface area (Å²) < 4.78 is 11.9. The van der Waals surface area contributed by atoms with Crippen LogP contribution in [-0.4, -0.2) is 56.2 Å². The molecule has 2 heterocycles. The van der Waals surface area contributed by atoms with Crippen LogP contribution in [0.1, 0.15) is 10.4 Å². The molecular formula is C20H19Cl2N3O3S. The number of hydrogen-bond donors (Lipinski definition) is 0. The van der Waals surface area contributed by atoms with Crippen LogP contribution in [0.3, 0.4) is 0 Å². The van der Waals surface area contributed by atoms with Crippen LogP contribution < -0.4 is 14.4 Å². The predicted octanol–water partition coefficient (Wildman–Crippen LogP) is 4.58. The Hall–Kier alpha value is -2.22. The highest BCUT2D eigenvalue weighted by Gasteiger charge is 2.26. The number of rotatable bonds is 4. The van der Waals surface area contributed by atoms with E-state index in [1.54, 1.807) is 43.8 Å². The van der Waals surface area contributed by atoms with Crippen LogP contribution in [0, 0.1) is 0 Å². The van der Waals surface area contributed by atoms with Crippen molar-refractivity contribution in [2.45, 2.75) is 0 Å². The molecule has 0 unspecified atom stereocenters. The topological polar surface area (TPSA) is 54.9 Å². The summed E-state index contributed by atoms with van der Waals surface area (Å²) in [7, 11) is 3.22. The van der Waals surface area contributed by atoms with E-state index >= 15 is 0 Å². The lowest BCUT2D eigenvalue weighted by Gasteiger charge is -2.34. The Morgan fingerprint density at radius 2 is 1.83 bits per heavy atom. The number of piperazine rings is 1. The highest BCUT2D eigenvalue weighted by Crippen LogP contribution is 2.40. The van der Waals surface area contributed by atoms with Gasteiger partial charge in [-0.1, -0.05) is 34.5 Å². The first-order valence-electron chi connectivity index (χ1n) is 9.02. The summed E-state index contributed by atoms with van der Waals surface area (Å²) in [5, 5.41) is 1.79. The van der Waals surface area contributed by atoms with E-state index in [4.69, 9.17) is 37.7 Å². The molecule has 1 fully saturated rings. The van der Waals surface area contributed by atoms with Gasteiger partial charge in [0, 0.05) is 31.2 Å². The number of halogens is 2. The molecule has 0 spiro atoms. The number of nitrogens with zero attached hydrogens (tertiary/aromatic N) is 3. The fraction of sp³-hybridized carbons (Fsp3) is 0.300. The molecule has 0 saturated carbocycles. The summed E-state index contributed by atoms with van der Waals surface area (Å²) in [5.74, 6) is 1.22. The van der Waals surface area contributed by atoms with E-state index in [1.165, 1.54) is 0 Å². The highest BCUT2D eigenvalue weighted by molar-refractivity contribution is 7.22. The van der Waals surface area contributed by atoms with E-state index in [2.05, 4.69) is 4.90 Å². The Morgan fingerprint density at radius 3 is 2.48 bits per heavy atom. The zero-order valence-electron chi connectivity index (χ0n) is 15.9. The molecule has 29 heavy (non-hydrogen) atoms. The Labute approximate surface area is 182 Å². The molecule has 2 aromatic carbocycles. The minimum Gasteiger partial charge on any atom is -0.493 e. The Bertz CT molecular complexity index is 1060. The summed E-state index contributed by atoms with van der Waals surface area (Å²) >= 11 is 13.7. The van der Waals surface area contributed by atoms with Gasteiger partial charge in [-0.05, 0) is 30.3 Å². The lowest BCUT2D eigenvalue weighted by atomic mass is 10.2. The first-order chi connectivity index (χ1) is 14.0. The van der Waals surface area contributed by atoms with E-state index in [1.807, 2.05) is 17.0 Å². The number of thiazole rings is 1. The quantitative estimate of drug-likeness (QED) is 0.580. The average molecular weight is 452 g/mol. The van der Waals surface area contributed by atoms with Crippen molar-refractivity contribution in [3.63, 3.8) is 0 Å². The van der Waals surface area contributed by atoms with Gasteiger partial charge in [0.2, 0.25) is 0 Å². The Kier molecular flexibility index (Phi) is 5.72. The van der Waals surface area contributed by atoms with Crippen molar-refractivity contribution in [3.05, 3.63) is 45.9 Å². The van der Waals surface area contributed by atoms with Gasteiger partial charge >= 0.3 is 0 Å². The van der Waals surface area contributed by atoms with Crippen molar-refractivity contribution in [1.29, 1.82) is 0 Å². The molecule has 6 nitrogen and oxygen atoms in total. The SMILES string of the molecule is COc1ccc2sc(N3CCN(C(=O)c4ccc(Cl)cc4Cl)CC3)nc2c1OC. The number of benzene rings is 2. The van der Waals surface area contributed by atoms with Crippen molar-refractivity contribution in [3.8, 4) is 11.5 Å². The van der Waals surface area contributed by atoms with Gasteiger partial charge in [0.05, 0.1) is 29.5 Å². The average Bonchev–Trinajstić information content (AvgIpc) is 3.17. The van der Waals surface area contributed by atoms with Crippen LogP contribution in [0.15, 0.2) is 30.3 Å². The summed E-state index contributed by atoms with van der Waals surface area (Å²) in [6.07, 6.45) is 0. The van der Waals surface area contributed by atoms with Crippen LogP contribution in [-0.2, 0) is 0 Å². The minimum atomic E-state index is -0.0815. The molecule has 0 N–H and O–H groups in total. The number of fused-ring (bicyclic) bond motifs is 1. The maximum absolute atomic E-state index is 12.8. The third-order valence-corrected chi connectivity index (χ3v) is 6.52. The summed E-state index contributed by atoms with van der Waals surface area (Å²) in [5.41, 5.74) is 1.26. The minimum absolute atomic E-state index is 0.0815. The fourth-order valence-electron chi connectivity index (χ4n) is 3.37. The molecule has 4 rings (SSSR count). The fourth-order valence-corrected chi connectivity index (χ4v) is 4.87. The van der Waals surface area contributed by atoms with E-state index in [0.717, 1.165) is 15.3 Å². The van der Waals surface area contributed by atoms with Gasteiger partial charge in [-0.15, -0.1) is 0 Å². The number of amides is 1. The molecule has 0 atom stereocenters. The van der Waals surface area contributed by atoms with Crippen LogP contribution in [0.25, 0.3) is 10.2 Å². The maximum atomic E-state index is 12.8. The molecule has 0 aliphatic carbocycles. The predicted molar refractivity (Wildman–Crippen MR) is 117 cm³/mol. The van der Waals surface area contributed by atoms with Crippen molar-refractivity contribution >= 4 is 55.8 Å². The first kappa shape index (κ1) is 20.1. The molecule has 1 saturated heterocycles. The van der Waals surface area contributed by atoms with Gasteiger partial charge < -0.3 is 19.3 Å². The molecule has 3 aromatic rings. The molecular weight excluding hydrogens is 433 g/mol. The first-order valence-corrected chi connectivity index (χ1v) is 10.6. The zero-order valence-corrected chi connectivity index (χ0v) is 18.3.